The Morgan fingerprint density at radius 1 is 1.24 bits per heavy atom. The van der Waals surface area contributed by atoms with E-state index in [4.69, 9.17) is 0 Å². The minimum absolute atomic E-state index is 0.0971. The van der Waals surface area contributed by atoms with Crippen LogP contribution in [0.2, 0.25) is 0 Å². The van der Waals surface area contributed by atoms with Gasteiger partial charge in [-0.2, -0.15) is 5.10 Å². The second-order valence-corrected chi connectivity index (χ2v) is 4.75. The average molecular weight is 287 g/mol. The highest BCUT2D eigenvalue weighted by atomic mass is 16.5. The van der Waals surface area contributed by atoms with E-state index in [9.17, 15) is 9.59 Å². The van der Waals surface area contributed by atoms with Gasteiger partial charge in [-0.05, 0) is 17.7 Å². The molecule has 0 aliphatic carbocycles. The normalized spacial score (nSPS) is 10.2. The number of carbonyl (C=O) groups excluding carboxylic acids is 2. The number of esters is 1. The molecule has 0 spiro atoms. The van der Waals surface area contributed by atoms with Crippen molar-refractivity contribution in [3.63, 3.8) is 0 Å². The first-order chi connectivity index (χ1) is 10.0. The minimum Gasteiger partial charge on any atom is -0.465 e. The average Bonchev–Trinajstić information content (AvgIpc) is 2.93. The van der Waals surface area contributed by atoms with Gasteiger partial charge in [0.05, 0.1) is 24.4 Å². The van der Waals surface area contributed by atoms with Gasteiger partial charge in [-0.25, -0.2) is 4.79 Å². The highest BCUT2D eigenvalue weighted by Crippen LogP contribution is 2.10. The second kappa shape index (κ2) is 6.21. The first kappa shape index (κ1) is 14.8. The largest absolute Gasteiger partial charge is 0.465 e. The molecule has 0 saturated heterocycles. The quantitative estimate of drug-likeness (QED) is 0.799. The lowest BCUT2D eigenvalue weighted by Crippen LogP contribution is -2.25. The topological polar surface area (TPSA) is 64.4 Å². The Kier molecular flexibility index (Phi) is 4.37. The molecule has 1 amide bonds. The fourth-order valence-electron chi connectivity index (χ4n) is 1.96. The molecule has 2 rings (SSSR count). The molecule has 0 atom stereocenters. The van der Waals surface area contributed by atoms with Crippen molar-refractivity contribution < 1.29 is 14.3 Å². The van der Waals surface area contributed by atoms with E-state index in [0.717, 1.165) is 5.56 Å². The predicted molar refractivity (Wildman–Crippen MR) is 76.8 cm³/mol. The summed E-state index contributed by atoms with van der Waals surface area (Å²) in [5.41, 5.74) is 1.97. The number of carbonyl (C=O) groups is 2. The first-order valence-corrected chi connectivity index (χ1v) is 6.42. The lowest BCUT2D eigenvalue weighted by molar-refractivity contribution is 0.0600. The van der Waals surface area contributed by atoms with Crippen LogP contribution in [0.3, 0.4) is 0 Å². The molecule has 1 aromatic heterocycles. The summed E-state index contributed by atoms with van der Waals surface area (Å²) in [6, 6.07) is 6.98. The van der Waals surface area contributed by atoms with Crippen molar-refractivity contribution in [3.05, 3.63) is 53.3 Å². The number of aromatic nitrogens is 2. The fraction of sp³-hybridized carbons (Fsp3) is 0.267. The van der Waals surface area contributed by atoms with Crippen molar-refractivity contribution in [2.75, 3.05) is 14.2 Å². The zero-order chi connectivity index (χ0) is 15.4. The maximum absolute atomic E-state index is 12.2. The maximum atomic E-state index is 12.2. The summed E-state index contributed by atoms with van der Waals surface area (Å²) >= 11 is 0. The number of hydrogen-bond donors (Lipinski definition) is 0. The molecule has 0 radical (unpaired) electrons. The molecule has 6 nitrogen and oxygen atoms in total. The molecule has 0 aliphatic heterocycles. The van der Waals surface area contributed by atoms with Gasteiger partial charge in [-0.15, -0.1) is 0 Å². The van der Waals surface area contributed by atoms with Gasteiger partial charge in [0.1, 0.15) is 0 Å². The van der Waals surface area contributed by atoms with Crippen LogP contribution in [0, 0.1) is 0 Å². The Labute approximate surface area is 122 Å². The minimum atomic E-state index is -0.374. The van der Waals surface area contributed by atoms with Crippen LogP contribution in [-0.2, 0) is 18.3 Å². The first-order valence-electron chi connectivity index (χ1n) is 6.42. The van der Waals surface area contributed by atoms with Crippen LogP contribution in [0.5, 0.6) is 0 Å². The number of amides is 1. The summed E-state index contributed by atoms with van der Waals surface area (Å²) in [6.07, 6.45) is 3.22. The van der Waals surface area contributed by atoms with E-state index < -0.39 is 0 Å². The van der Waals surface area contributed by atoms with E-state index in [1.54, 1.807) is 60.3 Å². The Balaban J connectivity index is 2.04. The van der Waals surface area contributed by atoms with Crippen molar-refractivity contribution in [2.24, 2.45) is 7.05 Å². The fourth-order valence-corrected chi connectivity index (χ4v) is 1.96. The summed E-state index contributed by atoms with van der Waals surface area (Å²) in [4.78, 5) is 25.1. The number of rotatable bonds is 4. The van der Waals surface area contributed by atoms with Gasteiger partial charge >= 0.3 is 5.97 Å². The van der Waals surface area contributed by atoms with Crippen LogP contribution in [0.25, 0.3) is 0 Å². The third-order valence-electron chi connectivity index (χ3n) is 3.09. The molecule has 2 aromatic rings. The highest BCUT2D eigenvalue weighted by Gasteiger charge is 2.14. The number of benzene rings is 1. The van der Waals surface area contributed by atoms with Crippen molar-refractivity contribution in [2.45, 2.75) is 6.54 Å². The number of ether oxygens (including phenoxy) is 1. The van der Waals surface area contributed by atoms with Crippen LogP contribution in [-0.4, -0.2) is 40.7 Å². The summed E-state index contributed by atoms with van der Waals surface area (Å²) < 4.78 is 6.23. The number of methoxy groups -OCH3 is 1. The standard InChI is InChI=1S/C15H17N3O3/c1-17(14(19)13-8-16-18(2)10-13)9-11-4-6-12(7-5-11)15(20)21-3/h4-8,10H,9H2,1-3H3. The molecular weight excluding hydrogens is 270 g/mol. The summed E-state index contributed by atoms with van der Waals surface area (Å²) in [5, 5.41) is 3.99. The highest BCUT2D eigenvalue weighted by molar-refractivity contribution is 5.93. The van der Waals surface area contributed by atoms with E-state index in [2.05, 4.69) is 9.84 Å². The van der Waals surface area contributed by atoms with E-state index in [1.807, 2.05) is 0 Å². The van der Waals surface area contributed by atoms with Crippen LogP contribution < -0.4 is 0 Å². The Hall–Kier alpha value is -2.63. The molecule has 1 heterocycles. The molecule has 0 fully saturated rings. The molecule has 110 valence electrons. The molecule has 0 aliphatic rings. The van der Waals surface area contributed by atoms with Gasteiger partial charge in [-0.1, -0.05) is 12.1 Å². The van der Waals surface area contributed by atoms with Crippen LogP contribution >= 0.6 is 0 Å². The molecule has 1 aromatic carbocycles. The van der Waals surface area contributed by atoms with E-state index in [1.165, 1.54) is 7.11 Å². The van der Waals surface area contributed by atoms with Gasteiger partial charge in [0.15, 0.2) is 0 Å². The summed E-state index contributed by atoms with van der Waals surface area (Å²) in [5.74, 6) is -0.471. The van der Waals surface area contributed by atoms with Gasteiger partial charge in [-0.3, -0.25) is 9.48 Å². The van der Waals surface area contributed by atoms with Crippen molar-refractivity contribution in [1.29, 1.82) is 0 Å². The number of hydrogen-bond acceptors (Lipinski definition) is 4. The number of aryl methyl sites for hydroxylation is 1. The molecular formula is C15H17N3O3. The Morgan fingerprint density at radius 2 is 1.90 bits per heavy atom. The third-order valence-corrected chi connectivity index (χ3v) is 3.09. The van der Waals surface area contributed by atoms with E-state index in [-0.39, 0.29) is 11.9 Å². The second-order valence-electron chi connectivity index (χ2n) is 4.75. The predicted octanol–water partition coefficient (Wildman–Crippen LogP) is 1.48. The van der Waals surface area contributed by atoms with Gasteiger partial charge in [0.25, 0.3) is 5.91 Å². The zero-order valence-electron chi connectivity index (χ0n) is 12.2. The molecule has 0 bridgehead atoms. The van der Waals surface area contributed by atoms with Gasteiger partial charge in [0, 0.05) is 26.8 Å². The van der Waals surface area contributed by atoms with Crippen molar-refractivity contribution >= 4 is 11.9 Å². The third kappa shape index (κ3) is 3.47. The van der Waals surface area contributed by atoms with E-state index >= 15 is 0 Å². The Morgan fingerprint density at radius 3 is 2.43 bits per heavy atom. The van der Waals surface area contributed by atoms with Crippen LogP contribution in [0.1, 0.15) is 26.3 Å². The van der Waals surface area contributed by atoms with Crippen molar-refractivity contribution in [3.8, 4) is 0 Å². The molecule has 6 heteroatoms. The number of nitrogens with zero attached hydrogens (tertiary/aromatic N) is 3. The lowest BCUT2D eigenvalue weighted by Gasteiger charge is -2.16. The molecule has 0 saturated carbocycles. The van der Waals surface area contributed by atoms with Crippen molar-refractivity contribution in [1.82, 2.24) is 14.7 Å². The zero-order valence-corrected chi connectivity index (χ0v) is 12.2. The summed E-state index contributed by atoms with van der Waals surface area (Å²) in [7, 11) is 4.84. The van der Waals surface area contributed by atoms with Crippen LogP contribution in [0.4, 0.5) is 0 Å². The Bertz CT molecular complexity index is 646. The lowest BCUT2D eigenvalue weighted by atomic mass is 10.1. The molecule has 0 unspecified atom stereocenters. The smallest absolute Gasteiger partial charge is 0.337 e. The monoisotopic (exact) mass is 287 g/mol. The maximum Gasteiger partial charge on any atom is 0.337 e. The van der Waals surface area contributed by atoms with Crippen LogP contribution in [0.15, 0.2) is 36.7 Å². The van der Waals surface area contributed by atoms with Gasteiger partial charge in [0.2, 0.25) is 0 Å². The van der Waals surface area contributed by atoms with Gasteiger partial charge < -0.3 is 9.64 Å². The molecule has 0 N–H and O–H groups in total. The molecule has 21 heavy (non-hydrogen) atoms. The summed E-state index contributed by atoms with van der Waals surface area (Å²) in [6.45, 7) is 0.454. The SMILES string of the molecule is COC(=O)c1ccc(CN(C)C(=O)c2cnn(C)c2)cc1. The van der Waals surface area contributed by atoms with E-state index in [0.29, 0.717) is 17.7 Å².